The Morgan fingerprint density at radius 3 is 2.76 bits per heavy atom. The van der Waals surface area contributed by atoms with Gasteiger partial charge in [0.1, 0.15) is 16.8 Å². The third kappa shape index (κ3) is 4.88. The second kappa shape index (κ2) is 7.45. The van der Waals surface area contributed by atoms with Gasteiger partial charge in [-0.2, -0.15) is 0 Å². The van der Waals surface area contributed by atoms with E-state index in [2.05, 4.69) is 16.9 Å². The molecule has 0 N–H and O–H groups in total. The molecule has 0 unspecified atom stereocenters. The fourth-order valence-electron chi connectivity index (χ4n) is 1.44. The van der Waals surface area contributed by atoms with E-state index >= 15 is 0 Å². The highest BCUT2D eigenvalue weighted by Gasteiger charge is 2.07. The standard InChI is InChI=1S/C12H20ClN3O/c1-4-6-11-14-10(13)9-12(15-11)16(3)7-8-17-5-2/h9H,4-8H2,1-3H3. The Morgan fingerprint density at radius 1 is 1.35 bits per heavy atom. The molecule has 0 amide bonds. The van der Waals surface area contributed by atoms with E-state index in [0.717, 1.165) is 37.6 Å². The Bertz CT molecular complexity index is 347. The Morgan fingerprint density at radius 2 is 2.12 bits per heavy atom. The van der Waals surface area contributed by atoms with Gasteiger partial charge in [-0.05, 0) is 13.3 Å². The van der Waals surface area contributed by atoms with E-state index in [0.29, 0.717) is 11.8 Å². The molecule has 17 heavy (non-hydrogen) atoms. The minimum atomic E-state index is 0.502. The minimum absolute atomic E-state index is 0.502. The molecule has 4 nitrogen and oxygen atoms in total. The van der Waals surface area contributed by atoms with Crippen molar-refractivity contribution in [1.82, 2.24) is 9.97 Å². The molecular formula is C12H20ClN3O. The van der Waals surface area contributed by atoms with Crippen LogP contribution in [-0.4, -0.2) is 36.8 Å². The monoisotopic (exact) mass is 257 g/mol. The van der Waals surface area contributed by atoms with Crippen molar-refractivity contribution in [1.29, 1.82) is 0 Å². The lowest BCUT2D eigenvalue weighted by Gasteiger charge is -2.18. The van der Waals surface area contributed by atoms with Crippen molar-refractivity contribution in [2.45, 2.75) is 26.7 Å². The van der Waals surface area contributed by atoms with Crippen LogP contribution < -0.4 is 4.90 Å². The molecule has 0 aliphatic carbocycles. The topological polar surface area (TPSA) is 38.2 Å². The Labute approximate surface area is 108 Å². The number of rotatable bonds is 7. The number of hydrogen-bond donors (Lipinski definition) is 0. The van der Waals surface area contributed by atoms with Crippen LogP contribution in [0.4, 0.5) is 5.82 Å². The Balaban J connectivity index is 2.67. The van der Waals surface area contributed by atoms with Gasteiger partial charge in [-0.1, -0.05) is 18.5 Å². The number of halogens is 1. The number of nitrogens with zero attached hydrogens (tertiary/aromatic N) is 3. The fourth-order valence-corrected chi connectivity index (χ4v) is 1.64. The highest BCUT2D eigenvalue weighted by atomic mass is 35.5. The van der Waals surface area contributed by atoms with Crippen LogP contribution in [0.5, 0.6) is 0 Å². The molecule has 0 aromatic carbocycles. The Hall–Kier alpha value is -0.870. The summed E-state index contributed by atoms with van der Waals surface area (Å²) in [6.07, 6.45) is 1.87. The molecule has 5 heteroatoms. The first-order chi connectivity index (χ1) is 8.17. The van der Waals surface area contributed by atoms with Gasteiger partial charge in [-0.25, -0.2) is 9.97 Å². The first-order valence-electron chi connectivity index (χ1n) is 5.99. The van der Waals surface area contributed by atoms with E-state index in [1.807, 2.05) is 18.9 Å². The first kappa shape index (κ1) is 14.2. The van der Waals surface area contributed by atoms with E-state index in [4.69, 9.17) is 16.3 Å². The Kier molecular flexibility index (Phi) is 6.22. The predicted octanol–water partition coefficient (Wildman–Crippen LogP) is 2.56. The van der Waals surface area contributed by atoms with Gasteiger partial charge in [-0.15, -0.1) is 0 Å². The molecule has 0 fully saturated rings. The number of aromatic nitrogens is 2. The predicted molar refractivity (Wildman–Crippen MR) is 70.8 cm³/mol. The largest absolute Gasteiger partial charge is 0.380 e. The zero-order valence-corrected chi connectivity index (χ0v) is 11.5. The first-order valence-corrected chi connectivity index (χ1v) is 6.37. The molecule has 0 saturated heterocycles. The average Bonchev–Trinajstić information content (AvgIpc) is 2.29. The summed E-state index contributed by atoms with van der Waals surface area (Å²) in [5.41, 5.74) is 0. The average molecular weight is 258 g/mol. The van der Waals surface area contributed by atoms with Gasteiger partial charge in [0.25, 0.3) is 0 Å². The summed E-state index contributed by atoms with van der Waals surface area (Å²) in [5, 5.41) is 0.502. The van der Waals surface area contributed by atoms with Crippen molar-refractivity contribution < 1.29 is 4.74 Å². The van der Waals surface area contributed by atoms with Crippen LogP contribution >= 0.6 is 11.6 Å². The van der Waals surface area contributed by atoms with Crippen molar-refractivity contribution in [3.63, 3.8) is 0 Å². The molecule has 0 radical (unpaired) electrons. The van der Waals surface area contributed by atoms with Crippen LogP contribution in [0.3, 0.4) is 0 Å². The molecular weight excluding hydrogens is 238 g/mol. The zero-order chi connectivity index (χ0) is 12.7. The third-order valence-electron chi connectivity index (χ3n) is 2.37. The van der Waals surface area contributed by atoms with Crippen molar-refractivity contribution >= 4 is 17.4 Å². The molecule has 0 bridgehead atoms. The summed E-state index contributed by atoms with van der Waals surface area (Å²) in [5.74, 6) is 1.66. The third-order valence-corrected chi connectivity index (χ3v) is 2.56. The lowest BCUT2D eigenvalue weighted by Crippen LogP contribution is -2.24. The summed E-state index contributed by atoms with van der Waals surface area (Å²) in [4.78, 5) is 10.7. The summed E-state index contributed by atoms with van der Waals surface area (Å²) in [7, 11) is 1.98. The maximum atomic E-state index is 5.98. The summed E-state index contributed by atoms with van der Waals surface area (Å²) in [6, 6.07) is 1.78. The molecule has 96 valence electrons. The highest BCUT2D eigenvalue weighted by molar-refractivity contribution is 6.29. The highest BCUT2D eigenvalue weighted by Crippen LogP contribution is 2.15. The van der Waals surface area contributed by atoms with Crippen LogP contribution in [0.15, 0.2) is 6.07 Å². The van der Waals surface area contributed by atoms with Crippen molar-refractivity contribution in [2.75, 3.05) is 31.7 Å². The lowest BCUT2D eigenvalue weighted by atomic mass is 10.3. The van der Waals surface area contributed by atoms with Crippen LogP contribution in [0.1, 0.15) is 26.1 Å². The second-order valence-corrected chi connectivity index (χ2v) is 4.22. The molecule has 1 rings (SSSR count). The van der Waals surface area contributed by atoms with Gasteiger partial charge < -0.3 is 9.64 Å². The normalized spacial score (nSPS) is 10.6. The number of aryl methyl sites for hydroxylation is 1. The molecule has 1 heterocycles. The van der Waals surface area contributed by atoms with Crippen molar-refractivity contribution in [3.8, 4) is 0 Å². The van der Waals surface area contributed by atoms with Gasteiger partial charge in [0.2, 0.25) is 0 Å². The lowest BCUT2D eigenvalue weighted by molar-refractivity contribution is 0.154. The van der Waals surface area contributed by atoms with Gasteiger partial charge >= 0.3 is 0 Å². The molecule has 1 aromatic heterocycles. The van der Waals surface area contributed by atoms with Crippen LogP contribution in [-0.2, 0) is 11.2 Å². The van der Waals surface area contributed by atoms with Gasteiger partial charge in [0.05, 0.1) is 6.61 Å². The number of hydrogen-bond acceptors (Lipinski definition) is 4. The maximum Gasteiger partial charge on any atom is 0.134 e. The molecule has 0 aliphatic rings. The van der Waals surface area contributed by atoms with Crippen LogP contribution in [0.2, 0.25) is 5.15 Å². The summed E-state index contributed by atoms with van der Waals surface area (Å²) < 4.78 is 5.32. The number of ether oxygens (including phenoxy) is 1. The van der Waals surface area contributed by atoms with Crippen molar-refractivity contribution in [3.05, 3.63) is 17.0 Å². The van der Waals surface area contributed by atoms with E-state index in [1.54, 1.807) is 6.07 Å². The SMILES string of the molecule is CCCc1nc(Cl)cc(N(C)CCOCC)n1. The summed E-state index contributed by atoms with van der Waals surface area (Å²) >= 11 is 5.98. The molecule has 1 aromatic rings. The van der Waals surface area contributed by atoms with E-state index < -0.39 is 0 Å². The fraction of sp³-hybridized carbons (Fsp3) is 0.667. The number of likely N-dealkylation sites (N-methyl/N-ethyl adjacent to an activating group) is 1. The molecule has 0 atom stereocenters. The van der Waals surface area contributed by atoms with Crippen molar-refractivity contribution in [2.24, 2.45) is 0 Å². The summed E-state index contributed by atoms with van der Waals surface area (Å²) in [6.45, 7) is 6.31. The maximum absolute atomic E-state index is 5.98. The second-order valence-electron chi connectivity index (χ2n) is 3.83. The minimum Gasteiger partial charge on any atom is -0.380 e. The quantitative estimate of drug-likeness (QED) is 0.556. The van der Waals surface area contributed by atoms with E-state index in [1.165, 1.54) is 0 Å². The van der Waals surface area contributed by atoms with E-state index in [-0.39, 0.29) is 0 Å². The van der Waals surface area contributed by atoms with Gasteiger partial charge in [0.15, 0.2) is 0 Å². The van der Waals surface area contributed by atoms with Gasteiger partial charge in [-0.3, -0.25) is 0 Å². The zero-order valence-electron chi connectivity index (χ0n) is 10.7. The van der Waals surface area contributed by atoms with Gasteiger partial charge in [0, 0.05) is 32.7 Å². The molecule has 0 aliphatic heterocycles. The van der Waals surface area contributed by atoms with E-state index in [9.17, 15) is 0 Å². The molecule has 0 spiro atoms. The smallest absolute Gasteiger partial charge is 0.134 e. The van der Waals surface area contributed by atoms with Crippen LogP contribution in [0, 0.1) is 0 Å². The van der Waals surface area contributed by atoms with Crippen LogP contribution in [0.25, 0.3) is 0 Å². The molecule has 0 saturated carbocycles. The number of anilines is 1.